The van der Waals surface area contributed by atoms with Crippen molar-refractivity contribution in [3.8, 4) is 0 Å². The second kappa shape index (κ2) is 3.92. The first kappa shape index (κ1) is 10.6. The number of rotatable bonds is 1. The van der Waals surface area contributed by atoms with Gasteiger partial charge >= 0.3 is 6.03 Å². The zero-order valence-corrected chi connectivity index (χ0v) is 8.74. The number of urea groups is 1. The molecule has 0 spiro atoms. The third-order valence-electron chi connectivity index (χ3n) is 2.52. The second-order valence-corrected chi connectivity index (χ2v) is 3.78. The number of halogens is 1. The number of hydrogen-bond donors (Lipinski definition) is 1. The molecule has 1 aliphatic rings. The summed E-state index contributed by atoms with van der Waals surface area (Å²) in [7, 11) is 0. The van der Waals surface area contributed by atoms with E-state index in [9.17, 15) is 14.0 Å². The summed E-state index contributed by atoms with van der Waals surface area (Å²) in [6, 6.07) is 5.12. The second-order valence-electron chi connectivity index (χ2n) is 3.78. The highest BCUT2D eigenvalue weighted by Crippen LogP contribution is 2.19. The Labute approximate surface area is 92.0 Å². The molecule has 1 aromatic carbocycles. The van der Waals surface area contributed by atoms with Crippen LogP contribution in [-0.4, -0.2) is 18.5 Å². The third-order valence-corrected chi connectivity index (χ3v) is 2.52. The fraction of sp³-hybridized carbons (Fsp3) is 0.273. The first-order valence-corrected chi connectivity index (χ1v) is 4.96. The summed E-state index contributed by atoms with van der Waals surface area (Å²) in [6.07, 6.45) is 0. The van der Waals surface area contributed by atoms with Gasteiger partial charge in [0.2, 0.25) is 5.91 Å². The molecule has 1 heterocycles. The molecule has 84 valence electrons. The molecule has 0 bridgehead atoms. The minimum absolute atomic E-state index is 0.261. The molecule has 1 unspecified atom stereocenters. The minimum Gasteiger partial charge on any atom is -0.293 e. The van der Waals surface area contributed by atoms with Crippen molar-refractivity contribution in [2.24, 2.45) is 5.92 Å². The number of hydrogen-bond acceptors (Lipinski definition) is 2. The first-order chi connectivity index (χ1) is 7.58. The van der Waals surface area contributed by atoms with Gasteiger partial charge in [0.25, 0.3) is 0 Å². The molecule has 1 N–H and O–H groups in total. The van der Waals surface area contributed by atoms with Crippen molar-refractivity contribution < 1.29 is 14.0 Å². The monoisotopic (exact) mass is 222 g/mol. The number of amides is 3. The molecule has 0 aliphatic carbocycles. The molecule has 1 fully saturated rings. The molecule has 0 radical (unpaired) electrons. The zero-order chi connectivity index (χ0) is 11.7. The minimum atomic E-state index is -0.463. The maximum Gasteiger partial charge on any atom is 0.328 e. The molecule has 5 heteroatoms. The molecule has 1 aromatic rings. The van der Waals surface area contributed by atoms with Crippen LogP contribution in [0.4, 0.5) is 14.9 Å². The SMILES string of the molecule is CC1CN(c2ccc(F)cc2)C(=O)NC1=O. The zero-order valence-electron chi connectivity index (χ0n) is 8.74. The van der Waals surface area contributed by atoms with Gasteiger partial charge in [0, 0.05) is 12.2 Å². The third kappa shape index (κ3) is 1.88. The van der Waals surface area contributed by atoms with E-state index in [0.717, 1.165) is 0 Å². The van der Waals surface area contributed by atoms with Crippen molar-refractivity contribution in [1.82, 2.24) is 5.32 Å². The van der Waals surface area contributed by atoms with Crippen molar-refractivity contribution in [2.45, 2.75) is 6.92 Å². The number of benzene rings is 1. The number of imide groups is 1. The first-order valence-electron chi connectivity index (χ1n) is 4.96. The average Bonchev–Trinajstić information content (AvgIpc) is 2.25. The normalized spacial score (nSPS) is 20.9. The molecule has 0 saturated carbocycles. The molecule has 0 aromatic heterocycles. The lowest BCUT2D eigenvalue weighted by Crippen LogP contribution is -2.53. The van der Waals surface area contributed by atoms with E-state index in [1.54, 1.807) is 6.92 Å². The number of carbonyl (C=O) groups excluding carboxylic acids is 2. The van der Waals surface area contributed by atoms with Crippen LogP contribution in [0.1, 0.15) is 6.92 Å². The van der Waals surface area contributed by atoms with Crippen LogP contribution in [0.25, 0.3) is 0 Å². The fourth-order valence-electron chi connectivity index (χ4n) is 1.58. The standard InChI is InChI=1S/C11H11FN2O2/c1-7-6-14(11(16)13-10(7)15)9-4-2-8(12)3-5-9/h2-5,7H,6H2,1H3,(H,13,15,16). The highest BCUT2D eigenvalue weighted by Gasteiger charge is 2.29. The van der Waals surface area contributed by atoms with Crippen molar-refractivity contribution >= 4 is 17.6 Å². The van der Waals surface area contributed by atoms with Gasteiger partial charge in [0.1, 0.15) is 5.82 Å². The van der Waals surface area contributed by atoms with Crippen molar-refractivity contribution in [3.63, 3.8) is 0 Å². The molecule has 4 nitrogen and oxygen atoms in total. The Morgan fingerprint density at radius 2 is 1.94 bits per heavy atom. The van der Waals surface area contributed by atoms with E-state index in [1.807, 2.05) is 0 Å². The Balaban J connectivity index is 2.24. The van der Waals surface area contributed by atoms with Gasteiger partial charge in [-0.25, -0.2) is 9.18 Å². The Hall–Kier alpha value is -1.91. The van der Waals surface area contributed by atoms with E-state index in [-0.39, 0.29) is 17.6 Å². The molecule has 1 atom stereocenters. The van der Waals surface area contributed by atoms with E-state index in [4.69, 9.17) is 0 Å². The van der Waals surface area contributed by atoms with Crippen molar-refractivity contribution in [3.05, 3.63) is 30.1 Å². The van der Waals surface area contributed by atoms with Crippen LogP contribution in [0.5, 0.6) is 0 Å². The average molecular weight is 222 g/mol. The summed E-state index contributed by atoms with van der Waals surface area (Å²) in [6.45, 7) is 2.05. The molecule has 2 rings (SSSR count). The summed E-state index contributed by atoms with van der Waals surface area (Å²) in [5, 5.41) is 2.25. The van der Waals surface area contributed by atoms with Crippen LogP contribution in [-0.2, 0) is 4.79 Å². The number of anilines is 1. The van der Waals surface area contributed by atoms with Crippen LogP contribution in [0, 0.1) is 11.7 Å². The van der Waals surface area contributed by atoms with Gasteiger partial charge in [-0.2, -0.15) is 0 Å². The number of nitrogens with zero attached hydrogens (tertiary/aromatic N) is 1. The molecule has 1 saturated heterocycles. The van der Waals surface area contributed by atoms with Crippen LogP contribution in [0.2, 0.25) is 0 Å². The van der Waals surface area contributed by atoms with Crippen LogP contribution in [0.3, 0.4) is 0 Å². The Morgan fingerprint density at radius 3 is 2.56 bits per heavy atom. The molecule has 16 heavy (non-hydrogen) atoms. The maximum atomic E-state index is 12.7. The topological polar surface area (TPSA) is 49.4 Å². The highest BCUT2D eigenvalue weighted by molar-refractivity contribution is 6.06. The number of carbonyl (C=O) groups is 2. The Kier molecular flexibility index (Phi) is 2.60. The quantitative estimate of drug-likeness (QED) is 0.783. The summed E-state index contributed by atoms with van der Waals surface area (Å²) in [5.74, 6) is -0.892. The van der Waals surface area contributed by atoms with E-state index < -0.39 is 6.03 Å². The lowest BCUT2D eigenvalue weighted by Gasteiger charge is -2.30. The molecular formula is C11H11FN2O2. The molecular weight excluding hydrogens is 211 g/mol. The van der Waals surface area contributed by atoms with E-state index >= 15 is 0 Å². The Bertz CT molecular complexity index is 430. The lowest BCUT2D eigenvalue weighted by atomic mass is 10.1. The van der Waals surface area contributed by atoms with Gasteiger partial charge < -0.3 is 0 Å². The van der Waals surface area contributed by atoms with Gasteiger partial charge in [0.15, 0.2) is 0 Å². The molecule has 3 amide bonds. The van der Waals surface area contributed by atoms with Crippen molar-refractivity contribution in [1.29, 1.82) is 0 Å². The predicted molar refractivity (Wildman–Crippen MR) is 56.4 cm³/mol. The van der Waals surface area contributed by atoms with Gasteiger partial charge in [-0.1, -0.05) is 6.92 Å². The summed E-state index contributed by atoms with van der Waals surface area (Å²) in [5.41, 5.74) is 0.582. The highest BCUT2D eigenvalue weighted by atomic mass is 19.1. The van der Waals surface area contributed by atoms with E-state index in [2.05, 4.69) is 5.32 Å². The maximum absolute atomic E-state index is 12.7. The van der Waals surface area contributed by atoms with Gasteiger partial charge in [-0.15, -0.1) is 0 Å². The lowest BCUT2D eigenvalue weighted by molar-refractivity contribution is -0.123. The summed E-state index contributed by atoms with van der Waals surface area (Å²) >= 11 is 0. The van der Waals surface area contributed by atoms with Crippen LogP contribution >= 0.6 is 0 Å². The van der Waals surface area contributed by atoms with Crippen LogP contribution in [0.15, 0.2) is 24.3 Å². The molecule has 1 aliphatic heterocycles. The van der Waals surface area contributed by atoms with Gasteiger partial charge in [0.05, 0.1) is 5.92 Å². The largest absolute Gasteiger partial charge is 0.328 e. The van der Waals surface area contributed by atoms with E-state index in [0.29, 0.717) is 12.2 Å². The smallest absolute Gasteiger partial charge is 0.293 e. The fourth-order valence-corrected chi connectivity index (χ4v) is 1.58. The van der Waals surface area contributed by atoms with Crippen molar-refractivity contribution in [2.75, 3.05) is 11.4 Å². The Morgan fingerprint density at radius 1 is 1.31 bits per heavy atom. The summed E-state index contributed by atoms with van der Waals surface area (Å²) in [4.78, 5) is 24.2. The summed E-state index contributed by atoms with van der Waals surface area (Å²) < 4.78 is 12.7. The van der Waals surface area contributed by atoms with Gasteiger partial charge in [-0.3, -0.25) is 15.0 Å². The van der Waals surface area contributed by atoms with Gasteiger partial charge in [-0.05, 0) is 24.3 Å². The predicted octanol–water partition coefficient (Wildman–Crippen LogP) is 1.52. The van der Waals surface area contributed by atoms with E-state index in [1.165, 1.54) is 29.2 Å². The number of nitrogens with one attached hydrogen (secondary N) is 1. The van der Waals surface area contributed by atoms with Crippen LogP contribution < -0.4 is 10.2 Å².